The van der Waals surface area contributed by atoms with Gasteiger partial charge in [-0.25, -0.2) is 0 Å². The smallest absolute Gasteiger partial charge is 0.0372 e. The molecule has 0 radical (unpaired) electrons. The van der Waals surface area contributed by atoms with Crippen LogP contribution in [0.5, 0.6) is 0 Å². The van der Waals surface area contributed by atoms with Crippen LogP contribution in [0, 0.1) is 6.92 Å². The zero-order valence-electron chi connectivity index (χ0n) is 10.2. The van der Waals surface area contributed by atoms with Crippen LogP contribution in [0.25, 0.3) is 0 Å². The summed E-state index contributed by atoms with van der Waals surface area (Å²) in [5.41, 5.74) is 2.42. The number of nitrogens with one attached hydrogen (secondary N) is 1. The van der Waals surface area contributed by atoms with Gasteiger partial charge in [0.05, 0.1) is 0 Å². The van der Waals surface area contributed by atoms with Crippen LogP contribution < -0.4 is 5.32 Å². The van der Waals surface area contributed by atoms with E-state index in [0.29, 0.717) is 0 Å². The molecular weight excluding hydrogens is 198 g/mol. The second kappa shape index (κ2) is 5.41. The van der Waals surface area contributed by atoms with Crippen molar-refractivity contribution in [1.29, 1.82) is 0 Å². The molecule has 1 aromatic rings. The number of aromatic nitrogens is 1. The molecule has 0 unspecified atom stereocenters. The fourth-order valence-electron chi connectivity index (χ4n) is 2.04. The van der Waals surface area contributed by atoms with Crippen molar-refractivity contribution in [2.75, 3.05) is 19.6 Å². The Bertz CT molecular complexity index is 316. The lowest BCUT2D eigenvalue weighted by atomic mass is 10.1. The van der Waals surface area contributed by atoms with Gasteiger partial charge in [0, 0.05) is 37.6 Å². The lowest BCUT2D eigenvalue weighted by molar-refractivity contribution is 0.137. The fraction of sp³-hybridized carbons (Fsp3) is 0.615. The highest BCUT2D eigenvalue weighted by Gasteiger charge is 2.23. The number of pyridine rings is 1. The van der Waals surface area contributed by atoms with Gasteiger partial charge in [-0.05, 0) is 31.5 Å². The van der Waals surface area contributed by atoms with Gasteiger partial charge in [0.1, 0.15) is 0 Å². The highest BCUT2D eigenvalue weighted by atomic mass is 15.2. The van der Waals surface area contributed by atoms with Gasteiger partial charge in [-0.15, -0.1) is 0 Å². The van der Waals surface area contributed by atoms with Gasteiger partial charge >= 0.3 is 0 Å². The molecule has 16 heavy (non-hydrogen) atoms. The van der Waals surface area contributed by atoms with Crippen molar-refractivity contribution in [1.82, 2.24) is 15.2 Å². The average molecular weight is 219 g/mol. The molecule has 2 rings (SSSR count). The maximum absolute atomic E-state index is 4.35. The first-order chi connectivity index (χ1) is 7.79. The Kier molecular flexibility index (Phi) is 3.91. The summed E-state index contributed by atoms with van der Waals surface area (Å²) in [5.74, 6) is 0. The monoisotopic (exact) mass is 219 g/mol. The zero-order chi connectivity index (χ0) is 11.4. The number of hydrogen-bond donors (Lipinski definition) is 1. The SMILES string of the molecule is CCCN(Cc1ccc(C)nc1)C1CNC1. The van der Waals surface area contributed by atoms with E-state index in [1.165, 1.54) is 18.5 Å². The van der Waals surface area contributed by atoms with Crippen molar-refractivity contribution in [2.45, 2.75) is 32.9 Å². The number of nitrogens with zero attached hydrogens (tertiary/aromatic N) is 2. The Morgan fingerprint density at radius 1 is 1.44 bits per heavy atom. The third-order valence-electron chi connectivity index (χ3n) is 3.15. The van der Waals surface area contributed by atoms with E-state index < -0.39 is 0 Å². The summed E-state index contributed by atoms with van der Waals surface area (Å²) in [4.78, 5) is 6.91. The molecule has 1 fully saturated rings. The van der Waals surface area contributed by atoms with Gasteiger partial charge in [-0.3, -0.25) is 9.88 Å². The predicted molar refractivity (Wildman–Crippen MR) is 66.3 cm³/mol. The van der Waals surface area contributed by atoms with Crippen molar-refractivity contribution in [2.24, 2.45) is 0 Å². The van der Waals surface area contributed by atoms with Crippen LogP contribution in [-0.2, 0) is 6.54 Å². The Hall–Kier alpha value is -0.930. The van der Waals surface area contributed by atoms with Gasteiger partial charge in [-0.2, -0.15) is 0 Å². The molecular formula is C13H21N3. The first-order valence-electron chi connectivity index (χ1n) is 6.16. The zero-order valence-corrected chi connectivity index (χ0v) is 10.2. The van der Waals surface area contributed by atoms with Crippen molar-refractivity contribution in [3.63, 3.8) is 0 Å². The average Bonchev–Trinajstić information content (AvgIpc) is 2.19. The molecule has 0 amide bonds. The fourth-order valence-corrected chi connectivity index (χ4v) is 2.04. The first kappa shape index (κ1) is 11.6. The van der Waals surface area contributed by atoms with E-state index in [1.54, 1.807) is 0 Å². The molecule has 0 bridgehead atoms. The minimum Gasteiger partial charge on any atom is -0.314 e. The summed E-state index contributed by atoms with van der Waals surface area (Å²) >= 11 is 0. The molecule has 1 aliphatic rings. The highest BCUT2D eigenvalue weighted by Crippen LogP contribution is 2.11. The van der Waals surface area contributed by atoms with E-state index in [4.69, 9.17) is 0 Å². The lowest BCUT2D eigenvalue weighted by Crippen LogP contribution is -2.56. The maximum Gasteiger partial charge on any atom is 0.0372 e. The molecule has 3 nitrogen and oxygen atoms in total. The second-order valence-corrected chi connectivity index (χ2v) is 4.59. The van der Waals surface area contributed by atoms with Crippen molar-refractivity contribution < 1.29 is 0 Å². The second-order valence-electron chi connectivity index (χ2n) is 4.59. The molecule has 0 saturated carbocycles. The Morgan fingerprint density at radius 2 is 2.25 bits per heavy atom. The van der Waals surface area contributed by atoms with Gasteiger partial charge in [0.25, 0.3) is 0 Å². The third-order valence-corrected chi connectivity index (χ3v) is 3.15. The molecule has 2 heterocycles. The number of hydrogen-bond acceptors (Lipinski definition) is 3. The summed E-state index contributed by atoms with van der Waals surface area (Å²) < 4.78 is 0. The predicted octanol–water partition coefficient (Wildman–Crippen LogP) is 1.57. The van der Waals surface area contributed by atoms with Crippen LogP contribution in [0.3, 0.4) is 0 Å². The molecule has 1 N–H and O–H groups in total. The van der Waals surface area contributed by atoms with Gasteiger partial charge in [0.2, 0.25) is 0 Å². The van der Waals surface area contributed by atoms with Crippen LogP contribution in [0.4, 0.5) is 0 Å². The molecule has 1 saturated heterocycles. The Balaban J connectivity index is 1.96. The quantitative estimate of drug-likeness (QED) is 0.815. The van der Waals surface area contributed by atoms with Gasteiger partial charge in [-0.1, -0.05) is 13.0 Å². The third kappa shape index (κ3) is 2.80. The van der Waals surface area contributed by atoms with Crippen LogP contribution in [0.1, 0.15) is 24.6 Å². The number of aryl methyl sites for hydroxylation is 1. The Labute approximate surface area is 97.9 Å². The minimum atomic E-state index is 0.723. The maximum atomic E-state index is 4.35. The van der Waals surface area contributed by atoms with Crippen LogP contribution in [-0.4, -0.2) is 35.6 Å². The van der Waals surface area contributed by atoms with Gasteiger partial charge in [0.15, 0.2) is 0 Å². The standard InChI is InChI=1S/C13H21N3/c1-3-6-16(13-8-14-9-13)10-12-5-4-11(2)15-7-12/h4-5,7,13-14H,3,6,8-10H2,1-2H3. The Morgan fingerprint density at radius 3 is 2.75 bits per heavy atom. The molecule has 0 spiro atoms. The summed E-state index contributed by atoms with van der Waals surface area (Å²) in [5, 5.41) is 3.34. The van der Waals surface area contributed by atoms with E-state index in [0.717, 1.165) is 31.4 Å². The van der Waals surface area contributed by atoms with E-state index in [9.17, 15) is 0 Å². The molecule has 3 heteroatoms. The minimum absolute atomic E-state index is 0.723. The molecule has 1 aliphatic heterocycles. The normalized spacial score (nSPS) is 16.4. The largest absolute Gasteiger partial charge is 0.314 e. The summed E-state index contributed by atoms with van der Waals surface area (Å²) in [7, 11) is 0. The van der Waals surface area contributed by atoms with Crippen LogP contribution >= 0.6 is 0 Å². The summed E-state index contributed by atoms with van der Waals surface area (Å²) in [6.07, 6.45) is 3.22. The van der Waals surface area contributed by atoms with Crippen LogP contribution in [0.2, 0.25) is 0 Å². The van der Waals surface area contributed by atoms with Crippen LogP contribution in [0.15, 0.2) is 18.3 Å². The summed E-state index contributed by atoms with van der Waals surface area (Å²) in [6.45, 7) is 8.77. The van der Waals surface area contributed by atoms with E-state index in [-0.39, 0.29) is 0 Å². The van der Waals surface area contributed by atoms with E-state index in [2.05, 4.69) is 34.3 Å². The summed E-state index contributed by atoms with van der Waals surface area (Å²) in [6, 6.07) is 5.01. The molecule has 0 aliphatic carbocycles. The molecule has 88 valence electrons. The lowest BCUT2D eigenvalue weighted by Gasteiger charge is -2.38. The van der Waals surface area contributed by atoms with E-state index in [1.807, 2.05) is 13.1 Å². The van der Waals surface area contributed by atoms with E-state index >= 15 is 0 Å². The molecule has 0 atom stereocenters. The molecule has 1 aromatic heterocycles. The highest BCUT2D eigenvalue weighted by molar-refractivity contribution is 5.13. The first-order valence-corrected chi connectivity index (χ1v) is 6.16. The molecule has 0 aromatic carbocycles. The van der Waals surface area contributed by atoms with Gasteiger partial charge < -0.3 is 5.32 Å². The van der Waals surface area contributed by atoms with Crippen molar-refractivity contribution >= 4 is 0 Å². The van der Waals surface area contributed by atoms with Crippen molar-refractivity contribution in [3.8, 4) is 0 Å². The van der Waals surface area contributed by atoms with Crippen molar-refractivity contribution in [3.05, 3.63) is 29.6 Å². The topological polar surface area (TPSA) is 28.2 Å². The number of rotatable bonds is 5.